The molecule has 0 bridgehead atoms. The lowest BCUT2D eigenvalue weighted by Crippen LogP contribution is -2.39. The summed E-state index contributed by atoms with van der Waals surface area (Å²) in [4.78, 5) is 34.2. The topological polar surface area (TPSA) is 55.2 Å². The minimum atomic E-state index is -0.551. The second kappa shape index (κ2) is 10.6. The molecule has 3 aromatic carbocycles. The second-order valence-electron chi connectivity index (χ2n) is 9.17. The molecule has 0 radical (unpaired) electrons. The van der Waals surface area contributed by atoms with Crippen molar-refractivity contribution >= 4 is 51.6 Å². The molecule has 0 spiro atoms. The Hall–Kier alpha value is -2.86. The summed E-state index contributed by atoms with van der Waals surface area (Å²) in [5, 5.41) is 1.70. The van der Waals surface area contributed by atoms with Gasteiger partial charge in [0.2, 0.25) is 0 Å². The Bertz CT molecular complexity index is 1510. The number of carbonyl (C=O) groups excluding carboxylic acids is 1. The number of nitrogens with zero attached hydrogens (tertiary/aromatic N) is 3. The van der Waals surface area contributed by atoms with E-state index in [0.717, 1.165) is 5.56 Å². The summed E-state index contributed by atoms with van der Waals surface area (Å²) in [6.07, 6.45) is 0. The molecule has 0 saturated carbocycles. The fraction of sp³-hybridized carbons (Fsp3) is 0.250. The first-order valence-electron chi connectivity index (χ1n) is 11.6. The monoisotopic (exact) mass is 541 g/mol. The number of carbonyl (C=O) groups is 1. The molecule has 4 rings (SSSR count). The van der Waals surface area contributed by atoms with Crippen molar-refractivity contribution in [2.24, 2.45) is 5.92 Å². The summed E-state index contributed by atoms with van der Waals surface area (Å²) in [6, 6.07) is 16.9. The van der Waals surface area contributed by atoms with Crippen molar-refractivity contribution in [1.29, 1.82) is 0 Å². The van der Waals surface area contributed by atoms with Crippen LogP contribution in [0.4, 0.5) is 0 Å². The molecule has 1 heterocycles. The third-order valence-electron chi connectivity index (χ3n) is 6.11. The molecule has 0 saturated heterocycles. The first-order chi connectivity index (χ1) is 17.1. The van der Waals surface area contributed by atoms with Crippen LogP contribution in [0.2, 0.25) is 15.1 Å². The van der Waals surface area contributed by atoms with Crippen molar-refractivity contribution in [2.45, 2.75) is 33.7 Å². The molecule has 5 nitrogen and oxygen atoms in total. The van der Waals surface area contributed by atoms with E-state index in [9.17, 15) is 9.59 Å². The molecule has 0 N–H and O–H groups in total. The van der Waals surface area contributed by atoms with Gasteiger partial charge in [0.25, 0.3) is 11.5 Å². The van der Waals surface area contributed by atoms with Gasteiger partial charge >= 0.3 is 0 Å². The van der Waals surface area contributed by atoms with E-state index >= 15 is 0 Å². The van der Waals surface area contributed by atoms with Crippen molar-refractivity contribution in [3.05, 3.63) is 103 Å². The first-order valence-corrected chi connectivity index (χ1v) is 12.8. The number of benzene rings is 3. The average molecular weight is 543 g/mol. The zero-order chi connectivity index (χ0) is 26.1. The highest BCUT2D eigenvalue weighted by molar-refractivity contribution is 6.42. The van der Waals surface area contributed by atoms with Crippen LogP contribution in [0.5, 0.6) is 0 Å². The Kier molecular flexibility index (Phi) is 7.74. The highest BCUT2D eigenvalue weighted by Gasteiger charge is 2.29. The molecule has 1 aromatic heterocycles. The molecular formula is C28H26Cl3N3O2. The smallest absolute Gasteiger partial charge is 0.266 e. The standard InChI is InChI=1S/C28H26Cl3N3O2/c1-16(2)15-33(27(35)19-12-13-22(30)23(31)14-19)18(4)26-32-24-10-6-5-8-20(24)28(36)34(26)25-11-7-9-21(29)17(25)3/h5-14,16,18H,15H2,1-4H3. The summed E-state index contributed by atoms with van der Waals surface area (Å²) in [7, 11) is 0. The van der Waals surface area contributed by atoms with Crippen molar-refractivity contribution in [3.8, 4) is 5.69 Å². The Morgan fingerprint density at radius 3 is 2.36 bits per heavy atom. The number of hydrogen-bond donors (Lipinski definition) is 0. The average Bonchev–Trinajstić information content (AvgIpc) is 2.85. The number of amides is 1. The predicted octanol–water partition coefficient (Wildman–Crippen LogP) is 7.51. The van der Waals surface area contributed by atoms with Crippen molar-refractivity contribution in [2.75, 3.05) is 6.54 Å². The number of para-hydroxylation sites is 1. The van der Waals surface area contributed by atoms with Gasteiger partial charge < -0.3 is 4.90 Å². The molecule has 0 fully saturated rings. The first kappa shape index (κ1) is 26.2. The van der Waals surface area contributed by atoms with Crippen LogP contribution in [-0.2, 0) is 0 Å². The van der Waals surface area contributed by atoms with Crippen LogP contribution in [-0.4, -0.2) is 26.9 Å². The number of halogens is 3. The Morgan fingerprint density at radius 2 is 1.67 bits per heavy atom. The van der Waals surface area contributed by atoms with Crippen LogP contribution in [0.25, 0.3) is 16.6 Å². The molecular weight excluding hydrogens is 517 g/mol. The third-order valence-corrected chi connectivity index (χ3v) is 7.26. The van der Waals surface area contributed by atoms with Gasteiger partial charge in [0.05, 0.1) is 32.7 Å². The molecule has 8 heteroatoms. The minimum Gasteiger partial charge on any atom is -0.328 e. The largest absolute Gasteiger partial charge is 0.328 e. The number of aromatic nitrogens is 2. The zero-order valence-electron chi connectivity index (χ0n) is 20.4. The van der Waals surface area contributed by atoms with Gasteiger partial charge in [-0.1, -0.05) is 66.8 Å². The van der Waals surface area contributed by atoms with E-state index in [1.54, 1.807) is 51.9 Å². The normalized spacial score (nSPS) is 12.2. The summed E-state index contributed by atoms with van der Waals surface area (Å²) in [5.41, 5.74) is 2.12. The van der Waals surface area contributed by atoms with E-state index in [4.69, 9.17) is 39.8 Å². The lowest BCUT2D eigenvalue weighted by atomic mass is 10.1. The highest BCUT2D eigenvalue weighted by atomic mass is 35.5. The van der Waals surface area contributed by atoms with Crippen LogP contribution in [0, 0.1) is 12.8 Å². The molecule has 0 aliphatic rings. The summed E-state index contributed by atoms with van der Waals surface area (Å²) in [5.74, 6) is 0.373. The molecule has 36 heavy (non-hydrogen) atoms. The fourth-order valence-corrected chi connectivity index (χ4v) is 4.71. The molecule has 1 unspecified atom stereocenters. The molecule has 1 atom stereocenters. The maximum absolute atomic E-state index is 13.8. The third kappa shape index (κ3) is 5.01. The maximum atomic E-state index is 13.8. The zero-order valence-corrected chi connectivity index (χ0v) is 22.7. The summed E-state index contributed by atoms with van der Waals surface area (Å²) < 4.78 is 1.57. The Morgan fingerprint density at radius 1 is 0.944 bits per heavy atom. The van der Waals surface area contributed by atoms with Crippen LogP contribution in [0.15, 0.2) is 65.5 Å². The molecule has 0 aliphatic heterocycles. The van der Waals surface area contributed by atoms with Crippen LogP contribution in [0.3, 0.4) is 0 Å². The Labute approximate surface area is 225 Å². The number of rotatable bonds is 6. The van der Waals surface area contributed by atoms with Crippen molar-refractivity contribution < 1.29 is 4.79 Å². The van der Waals surface area contributed by atoms with Gasteiger partial charge in [-0.05, 0) is 67.8 Å². The number of hydrogen-bond acceptors (Lipinski definition) is 3. The lowest BCUT2D eigenvalue weighted by molar-refractivity contribution is 0.0655. The van der Waals surface area contributed by atoms with E-state index < -0.39 is 6.04 Å². The number of fused-ring (bicyclic) bond motifs is 1. The van der Waals surface area contributed by atoms with Gasteiger partial charge in [0.1, 0.15) is 5.82 Å². The van der Waals surface area contributed by atoms with Gasteiger partial charge in [-0.2, -0.15) is 0 Å². The van der Waals surface area contributed by atoms with E-state index in [1.807, 2.05) is 45.9 Å². The Balaban J connectivity index is 1.95. The lowest BCUT2D eigenvalue weighted by Gasteiger charge is -2.32. The van der Waals surface area contributed by atoms with Gasteiger partial charge in [-0.3, -0.25) is 14.2 Å². The maximum Gasteiger partial charge on any atom is 0.266 e. The van der Waals surface area contributed by atoms with E-state index in [0.29, 0.717) is 49.6 Å². The van der Waals surface area contributed by atoms with Crippen LogP contribution < -0.4 is 5.56 Å². The van der Waals surface area contributed by atoms with Crippen LogP contribution in [0.1, 0.15) is 48.6 Å². The molecule has 0 aliphatic carbocycles. The summed E-state index contributed by atoms with van der Waals surface area (Å²) >= 11 is 18.7. The van der Waals surface area contributed by atoms with Crippen molar-refractivity contribution in [3.63, 3.8) is 0 Å². The minimum absolute atomic E-state index is 0.160. The molecule has 4 aromatic rings. The van der Waals surface area contributed by atoms with Gasteiger partial charge in [-0.15, -0.1) is 0 Å². The fourth-order valence-electron chi connectivity index (χ4n) is 4.25. The van der Waals surface area contributed by atoms with E-state index in [-0.39, 0.29) is 17.4 Å². The molecule has 186 valence electrons. The van der Waals surface area contributed by atoms with E-state index in [2.05, 4.69) is 0 Å². The second-order valence-corrected chi connectivity index (χ2v) is 10.4. The predicted molar refractivity (Wildman–Crippen MR) is 148 cm³/mol. The van der Waals surface area contributed by atoms with E-state index in [1.165, 1.54) is 0 Å². The summed E-state index contributed by atoms with van der Waals surface area (Å²) in [6.45, 7) is 8.25. The van der Waals surface area contributed by atoms with Gasteiger partial charge in [0.15, 0.2) is 0 Å². The van der Waals surface area contributed by atoms with Crippen LogP contribution >= 0.6 is 34.8 Å². The SMILES string of the molecule is Cc1c(Cl)cccc1-n1c(C(C)N(CC(C)C)C(=O)c2ccc(Cl)c(Cl)c2)nc2ccccc2c1=O. The van der Waals surface area contributed by atoms with Gasteiger partial charge in [-0.25, -0.2) is 4.98 Å². The highest BCUT2D eigenvalue weighted by Crippen LogP contribution is 2.30. The van der Waals surface area contributed by atoms with Crippen molar-refractivity contribution in [1.82, 2.24) is 14.5 Å². The molecule has 1 amide bonds. The quantitative estimate of drug-likeness (QED) is 0.253. The van der Waals surface area contributed by atoms with Gasteiger partial charge in [0, 0.05) is 17.1 Å².